The molecular weight excluding hydrogens is 626 g/mol. The smallest absolute Gasteiger partial charge is 0.411 e. The Morgan fingerprint density at radius 1 is 0.596 bits per heavy atom. The first kappa shape index (κ1) is 31.5. The number of nitrogens with zero attached hydrogens (tertiary/aromatic N) is 2. The average Bonchev–Trinajstić information content (AvgIpc) is 3.62. The van der Waals surface area contributed by atoms with E-state index < -0.39 is 28.9 Å². The highest BCUT2D eigenvalue weighted by molar-refractivity contribution is 5.80. The van der Waals surface area contributed by atoms with Gasteiger partial charge in [0.15, 0.2) is 11.2 Å². The third kappa shape index (κ3) is 5.29. The molecule has 0 spiro atoms. The highest BCUT2D eigenvalue weighted by atomic mass is 19.4. The number of halogens is 6. The molecule has 47 heavy (non-hydrogen) atoms. The highest BCUT2D eigenvalue weighted by Gasteiger charge is 2.72. The second-order valence-corrected chi connectivity index (χ2v) is 10.8. The Morgan fingerprint density at radius 2 is 1.00 bits per heavy atom. The molecule has 2 N–H and O–H groups in total. The summed E-state index contributed by atoms with van der Waals surface area (Å²) in [6.07, 6.45) is -8.03. The van der Waals surface area contributed by atoms with Gasteiger partial charge in [-0.15, -0.1) is 13.2 Å². The van der Waals surface area contributed by atoms with Crippen molar-refractivity contribution in [3.63, 3.8) is 0 Å². The van der Waals surface area contributed by atoms with E-state index in [-0.39, 0.29) is 45.5 Å². The molecule has 0 saturated carbocycles. The number of aromatic nitrogens is 2. The largest absolute Gasteiger partial charge is 0.508 e. The van der Waals surface area contributed by atoms with Gasteiger partial charge >= 0.3 is 12.4 Å². The summed E-state index contributed by atoms with van der Waals surface area (Å²) >= 11 is 0. The molecular formula is C35H24F6N2O4. The Hall–Kier alpha value is -5.52. The molecule has 6 rings (SSSR count). The van der Waals surface area contributed by atoms with Crippen LogP contribution in [-0.2, 0) is 18.3 Å². The van der Waals surface area contributed by atoms with E-state index in [1.54, 1.807) is 12.2 Å². The predicted molar refractivity (Wildman–Crippen MR) is 163 cm³/mol. The van der Waals surface area contributed by atoms with Gasteiger partial charge in [-0.2, -0.15) is 26.3 Å². The second-order valence-electron chi connectivity index (χ2n) is 10.8. The van der Waals surface area contributed by atoms with Crippen molar-refractivity contribution >= 4 is 22.2 Å². The first-order valence-electron chi connectivity index (χ1n) is 14.1. The number of alkyl halides is 6. The minimum Gasteiger partial charge on any atom is -0.508 e. The van der Waals surface area contributed by atoms with Crippen molar-refractivity contribution in [2.75, 3.05) is 0 Å². The van der Waals surface area contributed by atoms with E-state index in [4.69, 9.17) is 8.83 Å². The lowest BCUT2D eigenvalue weighted by atomic mass is 9.72. The van der Waals surface area contributed by atoms with Gasteiger partial charge in [0.25, 0.3) is 0 Å². The number of aromatic hydroxyl groups is 2. The zero-order valence-electron chi connectivity index (χ0n) is 24.3. The van der Waals surface area contributed by atoms with Gasteiger partial charge in [-0.3, -0.25) is 0 Å². The van der Waals surface area contributed by atoms with Gasteiger partial charge in [0, 0.05) is 11.1 Å². The molecule has 0 atom stereocenters. The lowest BCUT2D eigenvalue weighted by Crippen LogP contribution is -2.54. The van der Waals surface area contributed by atoms with Crippen LogP contribution in [0.2, 0.25) is 0 Å². The molecule has 0 unspecified atom stereocenters. The van der Waals surface area contributed by atoms with Crippen LogP contribution in [0.15, 0.2) is 107 Å². The van der Waals surface area contributed by atoms with Crippen molar-refractivity contribution in [1.29, 1.82) is 0 Å². The molecule has 6 nitrogen and oxygen atoms in total. The molecule has 4 aromatic carbocycles. The van der Waals surface area contributed by atoms with E-state index >= 15 is 26.3 Å². The Bertz CT molecular complexity index is 2010. The van der Waals surface area contributed by atoms with Crippen molar-refractivity contribution in [2.45, 2.75) is 30.6 Å². The molecule has 0 aliphatic carbocycles. The number of phenolic OH excluding ortho intramolecular Hbond substituents is 2. The number of hydrogen-bond donors (Lipinski definition) is 2. The van der Waals surface area contributed by atoms with Crippen LogP contribution in [0.4, 0.5) is 26.3 Å². The summed E-state index contributed by atoms with van der Waals surface area (Å²) in [5.74, 6) is -0.170. The number of allylic oxidation sites excluding steroid dienone is 2. The van der Waals surface area contributed by atoms with E-state index in [1.165, 1.54) is 36.4 Å². The molecule has 2 heterocycles. The molecule has 0 aliphatic rings. The van der Waals surface area contributed by atoms with Crippen molar-refractivity contribution in [2.24, 2.45) is 0 Å². The third-order valence-electron chi connectivity index (χ3n) is 7.87. The SMILES string of the molecule is C=CCc1cc(-c2nc3cc(C(c4ccc5oc(-c6ccc(O)c(CC=C)c6)nc5c4)(C(F)(F)F)C(F)(F)F)ccc3o2)ccc1O. The lowest BCUT2D eigenvalue weighted by Gasteiger charge is -2.38. The molecule has 0 radical (unpaired) electrons. The minimum absolute atomic E-state index is 0.0242. The molecule has 2 aromatic heterocycles. The number of benzene rings is 4. The zero-order chi connectivity index (χ0) is 33.7. The maximum absolute atomic E-state index is 15.0. The first-order valence-corrected chi connectivity index (χ1v) is 14.1. The lowest BCUT2D eigenvalue weighted by molar-refractivity contribution is -0.288. The molecule has 12 heteroatoms. The van der Waals surface area contributed by atoms with Gasteiger partial charge in [0.2, 0.25) is 17.2 Å². The van der Waals surface area contributed by atoms with Gasteiger partial charge < -0.3 is 19.0 Å². The fourth-order valence-corrected chi connectivity index (χ4v) is 5.63. The average molecular weight is 651 g/mol. The van der Waals surface area contributed by atoms with E-state index in [2.05, 4.69) is 23.1 Å². The number of hydrogen-bond acceptors (Lipinski definition) is 6. The third-order valence-corrected chi connectivity index (χ3v) is 7.87. The molecule has 240 valence electrons. The number of oxazole rings is 2. The standard InChI is InChI=1S/C35H24F6N2O4/c1-3-5-19-15-21(7-11-27(19)44)31-42-25-17-23(9-13-29(25)46-31)33(34(36,37)38,35(39,40)41)24-10-14-30-26(18-24)43-32(47-30)22-8-12-28(45)20(16-22)6-4-2/h3-4,7-18,44-45H,1-2,5-6H2. The summed E-state index contributed by atoms with van der Waals surface area (Å²) in [6.45, 7) is 7.24. The maximum Gasteiger partial charge on any atom is 0.411 e. The van der Waals surface area contributed by atoms with Crippen molar-refractivity contribution in [3.8, 4) is 34.4 Å². The minimum atomic E-state index is -5.86. The van der Waals surface area contributed by atoms with E-state index in [9.17, 15) is 10.2 Å². The first-order chi connectivity index (χ1) is 22.3. The van der Waals surface area contributed by atoms with Crippen molar-refractivity contribution in [3.05, 3.63) is 120 Å². The summed E-state index contributed by atoms with van der Waals surface area (Å²) < 4.78 is 101. The fraction of sp³-hybridized carbons (Fsp3) is 0.143. The van der Waals surface area contributed by atoms with Crippen LogP contribution in [0.3, 0.4) is 0 Å². The van der Waals surface area contributed by atoms with Gasteiger partial charge in [-0.05, 0) is 95.8 Å². The quantitative estimate of drug-likeness (QED) is 0.126. The number of phenols is 2. The zero-order valence-corrected chi connectivity index (χ0v) is 24.3. The highest BCUT2D eigenvalue weighted by Crippen LogP contribution is 2.57. The summed E-state index contributed by atoms with van der Waals surface area (Å²) in [6, 6.07) is 13.6. The monoisotopic (exact) mass is 650 g/mol. The van der Waals surface area contributed by atoms with Gasteiger partial charge in [0.1, 0.15) is 22.5 Å². The van der Waals surface area contributed by atoms with Crippen LogP contribution >= 0.6 is 0 Å². The topological polar surface area (TPSA) is 92.5 Å². The Kier molecular flexibility index (Phi) is 7.61. The number of fused-ring (bicyclic) bond motifs is 2. The molecule has 6 aromatic rings. The molecule has 0 amide bonds. The normalized spacial score (nSPS) is 12.6. The predicted octanol–water partition coefficient (Wildman–Crippen LogP) is 9.58. The van der Waals surface area contributed by atoms with Crippen LogP contribution in [-0.4, -0.2) is 32.5 Å². The fourth-order valence-electron chi connectivity index (χ4n) is 5.63. The van der Waals surface area contributed by atoms with Crippen LogP contribution in [0, 0.1) is 0 Å². The van der Waals surface area contributed by atoms with Gasteiger partial charge in [-0.25, -0.2) is 9.97 Å². The number of rotatable bonds is 8. The molecule has 0 saturated heterocycles. The summed E-state index contributed by atoms with van der Waals surface area (Å²) in [5, 5.41) is 20.1. The van der Waals surface area contributed by atoms with Crippen LogP contribution in [0.1, 0.15) is 22.3 Å². The Labute approximate surface area is 262 Å². The summed E-state index contributed by atoms with van der Waals surface area (Å²) in [5.41, 5.74) is -5.62. The summed E-state index contributed by atoms with van der Waals surface area (Å²) in [7, 11) is 0. The molecule has 0 fully saturated rings. The Balaban J connectivity index is 1.50. The molecule has 0 bridgehead atoms. The van der Waals surface area contributed by atoms with Gasteiger partial charge in [-0.1, -0.05) is 24.3 Å². The van der Waals surface area contributed by atoms with Crippen LogP contribution in [0.25, 0.3) is 45.1 Å². The van der Waals surface area contributed by atoms with E-state index in [1.807, 2.05) is 0 Å². The second kappa shape index (κ2) is 11.4. The van der Waals surface area contributed by atoms with Crippen LogP contribution in [0.5, 0.6) is 11.5 Å². The summed E-state index contributed by atoms with van der Waals surface area (Å²) in [4.78, 5) is 8.40. The maximum atomic E-state index is 15.0. The van der Waals surface area contributed by atoms with E-state index in [0.29, 0.717) is 59.4 Å². The Morgan fingerprint density at radius 3 is 1.36 bits per heavy atom. The van der Waals surface area contributed by atoms with Crippen LogP contribution < -0.4 is 0 Å². The van der Waals surface area contributed by atoms with Crippen molar-refractivity contribution < 1.29 is 45.4 Å². The van der Waals surface area contributed by atoms with Gasteiger partial charge in [0.05, 0.1) is 0 Å². The molecule has 0 aliphatic heterocycles. The van der Waals surface area contributed by atoms with E-state index in [0.717, 1.165) is 12.1 Å². The van der Waals surface area contributed by atoms with Crippen molar-refractivity contribution in [1.82, 2.24) is 9.97 Å².